The molecule has 0 unspecified atom stereocenters. The number of aryl methyl sites for hydroxylation is 1. The fourth-order valence-corrected chi connectivity index (χ4v) is 2.43. The lowest BCUT2D eigenvalue weighted by molar-refractivity contribution is -0.136. The third-order valence-corrected chi connectivity index (χ3v) is 3.66. The summed E-state index contributed by atoms with van der Waals surface area (Å²) in [7, 11) is 0. The molecule has 0 saturated heterocycles. The monoisotopic (exact) mass is 377 g/mol. The van der Waals surface area contributed by atoms with Gasteiger partial charge in [0.25, 0.3) is 0 Å². The normalized spacial score (nSPS) is 12.1. The van der Waals surface area contributed by atoms with Crippen molar-refractivity contribution in [2.75, 3.05) is 18.4 Å². The van der Waals surface area contributed by atoms with E-state index in [1.54, 1.807) is 27.7 Å². The van der Waals surface area contributed by atoms with Crippen LogP contribution in [0.2, 0.25) is 0 Å². The van der Waals surface area contributed by atoms with E-state index in [4.69, 9.17) is 4.74 Å². The molecule has 0 fully saturated rings. The number of rotatable bonds is 7. The number of anilines is 1. The Morgan fingerprint density at radius 3 is 2.37 bits per heavy atom. The number of para-hydroxylation sites is 1. The van der Waals surface area contributed by atoms with Crippen LogP contribution in [-0.2, 0) is 14.3 Å². The predicted octanol–water partition coefficient (Wildman–Crippen LogP) is 3.09. The van der Waals surface area contributed by atoms with Crippen molar-refractivity contribution in [2.24, 2.45) is 0 Å². The summed E-state index contributed by atoms with van der Waals surface area (Å²) in [5.41, 5.74) is 1.01. The number of amides is 3. The Balaban J connectivity index is 2.70. The number of ether oxygens (including phenoxy) is 1. The smallest absolute Gasteiger partial charge is 0.408 e. The van der Waals surface area contributed by atoms with E-state index in [0.29, 0.717) is 18.7 Å². The van der Waals surface area contributed by atoms with E-state index in [9.17, 15) is 14.4 Å². The van der Waals surface area contributed by atoms with E-state index in [1.165, 1.54) is 4.90 Å². The summed E-state index contributed by atoms with van der Waals surface area (Å²) in [6.07, 6.45) is 0.0342. The SMILES string of the molecule is CCCN(CC(=O)Nc1ccccc1C)C(=O)[C@@H](C)NC(=O)OC(C)(C)C. The first-order chi connectivity index (χ1) is 12.5. The Morgan fingerprint density at radius 1 is 1.19 bits per heavy atom. The molecule has 0 aliphatic carbocycles. The summed E-state index contributed by atoms with van der Waals surface area (Å²) >= 11 is 0. The van der Waals surface area contributed by atoms with Crippen LogP contribution < -0.4 is 10.6 Å². The van der Waals surface area contributed by atoms with Crippen molar-refractivity contribution in [1.29, 1.82) is 0 Å². The molecule has 150 valence electrons. The van der Waals surface area contributed by atoms with E-state index in [0.717, 1.165) is 5.56 Å². The molecule has 0 aliphatic heterocycles. The molecule has 1 aromatic rings. The summed E-state index contributed by atoms with van der Waals surface area (Å²) in [6.45, 7) is 11.0. The average Bonchev–Trinajstić information content (AvgIpc) is 2.54. The second kappa shape index (κ2) is 9.94. The Labute approximate surface area is 161 Å². The molecule has 3 amide bonds. The molecule has 7 nitrogen and oxygen atoms in total. The van der Waals surface area contributed by atoms with Crippen LogP contribution in [-0.4, -0.2) is 47.5 Å². The highest BCUT2D eigenvalue weighted by Crippen LogP contribution is 2.13. The summed E-state index contributed by atoms with van der Waals surface area (Å²) in [5, 5.41) is 5.34. The third kappa shape index (κ3) is 8.11. The minimum Gasteiger partial charge on any atom is -0.444 e. The Kier molecular flexibility index (Phi) is 8.28. The van der Waals surface area contributed by atoms with Crippen LogP contribution in [0.4, 0.5) is 10.5 Å². The van der Waals surface area contributed by atoms with Crippen molar-refractivity contribution in [3.63, 3.8) is 0 Å². The van der Waals surface area contributed by atoms with E-state index >= 15 is 0 Å². The van der Waals surface area contributed by atoms with Crippen LogP contribution >= 0.6 is 0 Å². The maximum absolute atomic E-state index is 12.7. The molecule has 0 saturated carbocycles. The number of carbonyl (C=O) groups is 3. The van der Waals surface area contributed by atoms with Gasteiger partial charge in [0, 0.05) is 12.2 Å². The van der Waals surface area contributed by atoms with Crippen molar-refractivity contribution in [2.45, 2.75) is 59.6 Å². The summed E-state index contributed by atoms with van der Waals surface area (Å²) < 4.78 is 5.17. The topological polar surface area (TPSA) is 87.7 Å². The highest BCUT2D eigenvalue weighted by molar-refractivity contribution is 5.96. The van der Waals surface area contributed by atoms with Crippen LogP contribution in [0.15, 0.2) is 24.3 Å². The number of nitrogens with zero attached hydrogens (tertiary/aromatic N) is 1. The zero-order valence-electron chi connectivity index (χ0n) is 17.1. The third-order valence-electron chi connectivity index (χ3n) is 3.66. The molecule has 0 heterocycles. The minimum absolute atomic E-state index is 0.0820. The zero-order chi connectivity index (χ0) is 20.6. The molecule has 27 heavy (non-hydrogen) atoms. The van der Waals surface area contributed by atoms with Gasteiger partial charge in [-0.15, -0.1) is 0 Å². The molecule has 0 aromatic heterocycles. The van der Waals surface area contributed by atoms with Crippen LogP contribution in [0, 0.1) is 6.92 Å². The quantitative estimate of drug-likeness (QED) is 0.764. The van der Waals surface area contributed by atoms with E-state index in [-0.39, 0.29) is 18.4 Å². The highest BCUT2D eigenvalue weighted by Gasteiger charge is 2.25. The van der Waals surface area contributed by atoms with Gasteiger partial charge in [-0.25, -0.2) is 4.79 Å². The number of benzene rings is 1. The number of hydrogen-bond donors (Lipinski definition) is 2. The fraction of sp³-hybridized carbons (Fsp3) is 0.550. The first-order valence-electron chi connectivity index (χ1n) is 9.17. The molecular weight excluding hydrogens is 346 g/mol. The highest BCUT2D eigenvalue weighted by atomic mass is 16.6. The second-order valence-corrected chi connectivity index (χ2v) is 7.49. The maximum atomic E-state index is 12.7. The number of nitrogens with one attached hydrogen (secondary N) is 2. The van der Waals surface area contributed by atoms with Gasteiger partial charge in [-0.2, -0.15) is 0 Å². The molecule has 0 aliphatic rings. The molecule has 1 atom stereocenters. The van der Waals surface area contributed by atoms with Crippen LogP contribution in [0.3, 0.4) is 0 Å². The molecule has 0 bridgehead atoms. The lowest BCUT2D eigenvalue weighted by Crippen LogP contribution is -2.50. The van der Waals surface area contributed by atoms with Crippen molar-refractivity contribution < 1.29 is 19.1 Å². The van der Waals surface area contributed by atoms with Crippen molar-refractivity contribution in [1.82, 2.24) is 10.2 Å². The number of carbonyl (C=O) groups excluding carboxylic acids is 3. The maximum Gasteiger partial charge on any atom is 0.408 e. The average molecular weight is 377 g/mol. The van der Waals surface area contributed by atoms with Gasteiger partial charge in [-0.3, -0.25) is 9.59 Å². The van der Waals surface area contributed by atoms with Gasteiger partial charge in [0.2, 0.25) is 11.8 Å². The molecule has 1 rings (SSSR count). The predicted molar refractivity (Wildman–Crippen MR) is 106 cm³/mol. The van der Waals surface area contributed by atoms with Crippen LogP contribution in [0.1, 0.15) is 46.6 Å². The lowest BCUT2D eigenvalue weighted by atomic mass is 10.2. The molecule has 0 spiro atoms. The number of alkyl carbamates (subject to hydrolysis) is 1. The fourth-order valence-electron chi connectivity index (χ4n) is 2.43. The molecular formula is C20H31N3O4. The first kappa shape index (κ1) is 22.5. The van der Waals surface area contributed by atoms with Crippen molar-refractivity contribution >= 4 is 23.6 Å². The largest absolute Gasteiger partial charge is 0.444 e. The van der Waals surface area contributed by atoms with Crippen LogP contribution in [0.5, 0.6) is 0 Å². The first-order valence-corrected chi connectivity index (χ1v) is 9.17. The summed E-state index contributed by atoms with van der Waals surface area (Å²) in [4.78, 5) is 38.3. The molecule has 1 aromatic carbocycles. The van der Waals surface area contributed by atoms with Gasteiger partial charge in [-0.1, -0.05) is 25.1 Å². The molecule has 7 heteroatoms. The van der Waals surface area contributed by atoms with Crippen molar-refractivity contribution in [3.05, 3.63) is 29.8 Å². The molecule has 2 N–H and O–H groups in total. The Hall–Kier alpha value is -2.57. The zero-order valence-corrected chi connectivity index (χ0v) is 17.1. The lowest BCUT2D eigenvalue weighted by Gasteiger charge is -2.26. The van der Waals surface area contributed by atoms with Gasteiger partial charge in [-0.05, 0) is 52.7 Å². The van der Waals surface area contributed by atoms with Gasteiger partial charge < -0.3 is 20.3 Å². The van der Waals surface area contributed by atoms with Crippen LogP contribution in [0.25, 0.3) is 0 Å². The van der Waals surface area contributed by atoms with E-state index < -0.39 is 17.7 Å². The van der Waals surface area contributed by atoms with Gasteiger partial charge in [0.1, 0.15) is 11.6 Å². The summed E-state index contributed by atoms with van der Waals surface area (Å²) in [6, 6.07) is 6.65. The van der Waals surface area contributed by atoms with Gasteiger partial charge >= 0.3 is 6.09 Å². The van der Waals surface area contributed by atoms with Gasteiger partial charge in [0.15, 0.2) is 0 Å². The standard InChI is InChI=1S/C20H31N3O4/c1-7-12-23(13-17(24)22-16-11-9-8-10-14(16)2)18(25)15(3)21-19(26)27-20(4,5)6/h8-11,15H,7,12-13H2,1-6H3,(H,21,26)(H,22,24)/t15-/m1/s1. The summed E-state index contributed by atoms with van der Waals surface area (Å²) in [5.74, 6) is -0.613. The van der Waals surface area contributed by atoms with E-state index in [1.807, 2.05) is 38.1 Å². The van der Waals surface area contributed by atoms with Gasteiger partial charge in [0.05, 0.1) is 6.54 Å². The minimum atomic E-state index is -0.794. The molecule has 0 radical (unpaired) electrons. The van der Waals surface area contributed by atoms with E-state index in [2.05, 4.69) is 10.6 Å². The van der Waals surface area contributed by atoms with Crippen molar-refractivity contribution in [3.8, 4) is 0 Å². The Morgan fingerprint density at radius 2 is 1.81 bits per heavy atom. The Bertz CT molecular complexity index is 667. The number of hydrogen-bond acceptors (Lipinski definition) is 4. The second-order valence-electron chi connectivity index (χ2n) is 7.49.